The quantitative estimate of drug-likeness (QED) is 0.655. The normalized spacial score (nSPS) is 34.8. The zero-order valence-corrected chi connectivity index (χ0v) is 10.1. The third kappa shape index (κ3) is 3.43. The van der Waals surface area contributed by atoms with Crippen LogP contribution in [0.1, 0.15) is 13.8 Å². The molecule has 5 nitrogen and oxygen atoms in total. The third-order valence-corrected chi connectivity index (χ3v) is 3.12. The van der Waals surface area contributed by atoms with Gasteiger partial charge in [-0.1, -0.05) is 0 Å². The lowest BCUT2D eigenvalue weighted by atomic mass is 9.82. The van der Waals surface area contributed by atoms with Crippen LogP contribution in [0.3, 0.4) is 0 Å². The Balaban J connectivity index is 2.55. The van der Waals surface area contributed by atoms with Crippen LogP contribution in [0.5, 0.6) is 0 Å². The second-order valence-corrected chi connectivity index (χ2v) is 4.37. The first kappa shape index (κ1) is 13.4. The van der Waals surface area contributed by atoms with E-state index in [0.29, 0.717) is 13.2 Å². The number of esters is 1. The van der Waals surface area contributed by atoms with E-state index in [1.807, 2.05) is 6.92 Å². The Bertz CT molecular complexity index is 234. The van der Waals surface area contributed by atoms with Gasteiger partial charge in [0.05, 0.1) is 19.3 Å². The van der Waals surface area contributed by atoms with E-state index in [9.17, 15) is 9.90 Å². The van der Waals surface area contributed by atoms with Gasteiger partial charge >= 0.3 is 5.97 Å². The third-order valence-electron chi connectivity index (χ3n) is 3.12. The molecule has 0 amide bonds. The maximum atomic E-state index is 10.8. The highest BCUT2D eigenvalue weighted by molar-refractivity contribution is 5.65. The number of aliphatic hydroxyl groups is 1. The Hall–Kier alpha value is -0.650. The van der Waals surface area contributed by atoms with E-state index < -0.39 is 6.10 Å². The highest BCUT2D eigenvalue weighted by atomic mass is 16.5. The second-order valence-electron chi connectivity index (χ2n) is 4.37. The van der Waals surface area contributed by atoms with Gasteiger partial charge in [0.25, 0.3) is 0 Å². The van der Waals surface area contributed by atoms with Gasteiger partial charge in [-0.05, 0) is 6.92 Å². The number of nitrogens with one attached hydrogen (secondary N) is 1. The molecule has 4 atom stereocenters. The second kappa shape index (κ2) is 6.18. The van der Waals surface area contributed by atoms with Crippen molar-refractivity contribution in [3.05, 3.63) is 0 Å². The standard InChI is InChI=1S/C11H21NO4/c1-7-11(14)10(6-15-3)9(4-12-7)5-16-8(2)13/h7,9-12,14H,4-6H2,1-3H3. The van der Waals surface area contributed by atoms with Crippen molar-refractivity contribution in [1.29, 1.82) is 0 Å². The van der Waals surface area contributed by atoms with Crippen molar-refractivity contribution in [3.8, 4) is 0 Å². The Morgan fingerprint density at radius 1 is 1.50 bits per heavy atom. The molecule has 0 spiro atoms. The van der Waals surface area contributed by atoms with Gasteiger partial charge in [0.15, 0.2) is 0 Å². The van der Waals surface area contributed by atoms with Gasteiger partial charge in [-0.15, -0.1) is 0 Å². The van der Waals surface area contributed by atoms with Crippen LogP contribution >= 0.6 is 0 Å². The van der Waals surface area contributed by atoms with Crippen molar-refractivity contribution >= 4 is 5.97 Å². The van der Waals surface area contributed by atoms with Crippen LogP contribution in [0.25, 0.3) is 0 Å². The molecule has 0 aliphatic carbocycles. The molecule has 4 unspecified atom stereocenters. The number of carbonyl (C=O) groups excluding carboxylic acids is 1. The summed E-state index contributed by atoms with van der Waals surface area (Å²) < 4.78 is 10.1. The Kier molecular flexibility index (Phi) is 5.18. The SMILES string of the molecule is COCC1C(COC(C)=O)CNC(C)C1O. The summed E-state index contributed by atoms with van der Waals surface area (Å²) in [5, 5.41) is 13.2. The summed E-state index contributed by atoms with van der Waals surface area (Å²) in [6, 6.07) is 0.0497. The van der Waals surface area contributed by atoms with Crippen molar-refractivity contribution in [1.82, 2.24) is 5.32 Å². The minimum absolute atomic E-state index is 0.0144. The monoisotopic (exact) mass is 231 g/mol. The van der Waals surface area contributed by atoms with Gasteiger partial charge in [0, 0.05) is 38.5 Å². The number of ether oxygens (including phenoxy) is 2. The molecule has 0 radical (unpaired) electrons. The van der Waals surface area contributed by atoms with Gasteiger partial charge in [0.1, 0.15) is 0 Å². The van der Waals surface area contributed by atoms with Crippen LogP contribution in [0.2, 0.25) is 0 Å². The van der Waals surface area contributed by atoms with Gasteiger partial charge < -0.3 is 19.9 Å². The molecular formula is C11H21NO4. The average Bonchev–Trinajstić information content (AvgIpc) is 2.24. The molecule has 0 aromatic carbocycles. The lowest BCUT2D eigenvalue weighted by molar-refractivity contribution is -0.145. The van der Waals surface area contributed by atoms with E-state index in [1.165, 1.54) is 6.92 Å². The van der Waals surface area contributed by atoms with E-state index in [-0.39, 0.29) is 23.8 Å². The predicted molar refractivity (Wildman–Crippen MR) is 59.0 cm³/mol. The van der Waals surface area contributed by atoms with Crippen LogP contribution in [-0.4, -0.2) is 50.1 Å². The summed E-state index contributed by atoms with van der Waals surface area (Å²) in [6.45, 7) is 4.88. The predicted octanol–water partition coefficient (Wildman–Crippen LogP) is -0.219. The van der Waals surface area contributed by atoms with E-state index in [4.69, 9.17) is 9.47 Å². The molecule has 5 heteroatoms. The fraction of sp³-hybridized carbons (Fsp3) is 0.909. The summed E-state index contributed by atoms with van der Waals surface area (Å²) in [7, 11) is 1.61. The number of hydrogen-bond donors (Lipinski definition) is 2. The molecule has 2 N–H and O–H groups in total. The molecule has 1 aliphatic rings. The number of piperidine rings is 1. The Morgan fingerprint density at radius 3 is 2.75 bits per heavy atom. The molecule has 1 aliphatic heterocycles. The molecule has 1 saturated heterocycles. The largest absolute Gasteiger partial charge is 0.466 e. The molecule has 0 saturated carbocycles. The number of rotatable bonds is 4. The molecule has 1 fully saturated rings. The first-order valence-electron chi connectivity index (χ1n) is 5.60. The van der Waals surface area contributed by atoms with Crippen LogP contribution in [-0.2, 0) is 14.3 Å². The van der Waals surface area contributed by atoms with Crippen molar-refractivity contribution in [2.45, 2.75) is 26.0 Å². The summed E-state index contributed by atoms with van der Waals surface area (Å²) in [4.78, 5) is 10.8. The molecule has 16 heavy (non-hydrogen) atoms. The van der Waals surface area contributed by atoms with E-state index in [1.54, 1.807) is 7.11 Å². The Labute approximate surface area is 96.1 Å². The summed E-state index contributed by atoms with van der Waals surface area (Å²) >= 11 is 0. The summed E-state index contributed by atoms with van der Waals surface area (Å²) in [5.74, 6) is -0.167. The van der Waals surface area contributed by atoms with E-state index in [2.05, 4.69) is 5.32 Å². The number of carbonyl (C=O) groups is 1. The minimum atomic E-state index is -0.464. The van der Waals surface area contributed by atoms with E-state index >= 15 is 0 Å². The van der Waals surface area contributed by atoms with Crippen LogP contribution in [0.4, 0.5) is 0 Å². The smallest absolute Gasteiger partial charge is 0.302 e. The number of methoxy groups -OCH3 is 1. The highest BCUT2D eigenvalue weighted by Gasteiger charge is 2.36. The van der Waals surface area contributed by atoms with Crippen LogP contribution < -0.4 is 5.32 Å². The zero-order valence-electron chi connectivity index (χ0n) is 10.1. The van der Waals surface area contributed by atoms with E-state index in [0.717, 1.165) is 6.54 Å². The van der Waals surface area contributed by atoms with Crippen molar-refractivity contribution < 1.29 is 19.4 Å². The van der Waals surface area contributed by atoms with Gasteiger partial charge in [-0.25, -0.2) is 0 Å². The maximum Gasteiger partial charge on any atom is 0.302 e. The van der Waals surface area contributed by atoms with Crippen molar-refractivity contribution in [3.63, 3.8) is 0 Å². The van der Waals surface area contributed by atoms with Gasteiger partial charge in [-0.3, -0.25) is 4.79 Å². The topological polar surface area (TPSA) is 67.8 Å². The average molecular weight is 231 g/mol. The molecule has 0 aromatic heterocycles. The molecule has 0 bridgehead atoms. The first-order valence-corrected chi connectivity index (χ1v) is 5.60. The summed E-state index contributed by atoms with van der Waals surface area (Å²) in [6.07, 6.45) is -0.464. The van der Waals surface area contributed by atoms with Crippen LogP contribution in [0.15, 0.2) is 0 Å². The number of aliphatic hydroxyl groups excluding tert-OH is 1. The van der Waals surface area contributed by atoms with Crippen LogP contribution in [0, 0.1) is 11.8 Å². The fourth-order valence-corrected chi connectivity index (χ4v) is 2.09. The lowest BCUT2D eigenvalue weighted by Gasteiger charge is -2.39. The molecule has 1 rings (SSSR count). The zero-order chi connectivity index (χ0) is 12.1. The number of hydrogen-bond acceptors (Lipinski definition) is 5. The molecular weight excluding hydrogens is 210 g/mol. The molecule has 0 aromatic rings. The Morgan fingerprint density at radius 2 is 2.19 bits per heavy atom. The highest BCUT2D eigenvalue weighted by Crippen LogP contribution is 2.23. The van der Waals surface area contributed by atoms with Crippen molar-refractivity contribution in [2.24, 2.45) is 11.8 Å². The lowest BCUT2D eigenvalue weighted by Crippen LogP contribution is -2.55. The van der Waals surface area contributed by atoms with Gasteiger partial charge in [0.2, 0.25) is 0 Å². The first-order chi connectivity index (χ1) is 7.56. The van der Waals surface area contributed by atoms with Crippen molar-refractivity contribution in [2.75, 3.05) is 26.9 Å². The van der Waals surface area contributed by atoms with Gasteiger partial charge in [-0.2, -0.15) is 0 Å². The molecule has 1 heterocycles. The maximum absolute atomic E-state index is 10.8. The fourth-order valence-electron chi connectivity index (χ4n) is 2.09. The molecule has 94 valence electrons. The minimum Gasteiger partial charge on any atom is -0.466 e. The summed E-state index contributed by atoms with van der Waals surface area (Å²) in [5.41, 5.74) is 0.